The van der Waals surface area contributed by atoms with Gasteiger partial charge in [-0.3, -0.25) is 0 Å². The van der Waals surface area contributed by atoms with E-state index in [1.165, 1.54) is 12.7 Å². The molecule has 0 amide bonds. The maximum atomic E-state index is 11.9. The molecule has 3 heteroatoms. The second kappa shape index (κ2) is 4.98. The highest BCUT2D eigenvalue weighted by atomic mass is 32.2. The summed E-state index contributed by atoms with van der Waals surface area (Å²) >= 11 is 1.88. The Bertz CT molecular complexity index is 638. The van der Waals surface area contributed by atoms with Gasteiger partial charge in [0.05, 0.1) is 22.7 Å². The summed E-state index contributed by atoms with van der Waals surface area (Å²) < 4.78 is 4.93. The standard InChI is InChI=1S/C17H16O2S/c1-17(12-8-4-3-5-9-12)15(20-17)13-10-6-7-11-14(13)16(18)19-2/h3-11,15H,1-2H3. The first-order valence-electron chi connectivity index (χ1n) is 6.57. The molecular formula is C17H16O2S. The van der Waals surface area contributed by atoms with Crippen LogP contribution in [0.4, 0.5) is 0 Å². The van der Waals surface area contributed by atoms with Crippen molar-refractivity contribution in [3.8, 4) is 0 Å². The number of ether oxygens (including phenoxy) is 1. The number of hydrogen-bond acceptors (Lipinski definition) is 3. The van der Waals surface area contributed by atoms with Crippen LogP contribution >= 0.6 is 11.8 Å². The van der Waals surface area contributed by atoms with E-state index in [0.717, 1.165) is 5.56 Å². The number of hydrogen-bond donors (Lipinski definition) is 0. The number of esters is 1. The summed E-state index contributed by atoms with van der Waals surface area (Å²) in [7, 11) is 1.43. The Labute approximate surface area is 123 Å². The molecule has 0 saturated carbocycles. The predicted octanol–water partition coefficient (Wildman–Crippen LogP) is 4.18. The van der Waals surface area contributed by atoms with E-state index in [2.05, 4.69) is 31.2 Å². The monoisotopic (exact) mass is 284 g/mol. The number of methoxy groups -OCH3 is 1. The Balaban J connectivity index is 1.96. The van der Waals surface area contributed by atoms with Crippen LogP contribution < -0.4 is 0 Å². The van der Waals surface area contributed by atoms with E-state index in [0.29, 0.717) is 10.8 Å². The lowest BCUT2D eigenvalue weighted by molar-refractivity contribution is 0.0599. The maximum Gasteiger partial charge on any atom is 0.338 e. The van der Waals surface area contributed by atoms with Crippen LogP contribution in [0.3, 0.4) is 0 Å². The van der Waals surface area contributed by atoms with Crippen molar-refractivity contribution in [2.24, 2.45) is 0 Å². The predicted molar refractivity (Wildman–Crippen MR) is 81.9 cm³/mol. The van der Waals surface area contributed by atoms with E-state index in [1.807, 2.05) is 42.1 Å². The van der Waals surface area contributed by atoms with Gasteiger partial charge in [-0.1, -0.05) is 48.5 Å². The smallest absolute Gasteiger partial charge is 0.338 e. The molecule has 3 rings (SSSR count). The Kier molecular flexibility index (Phi) is 3.30. The van der Waals surface area contributed by atoms with Gasteiger partial charge < -0.3 is 4.74 Å². The Hall–Kier alpha value is -1.74. The Morgan fingerprint density at radius 3 is 2.45 bits per heavy atom. The van der Waals surface area contributed by atoms with Gasteiger partial charge in [-0.25, -0.2) is 4.79 Å². The minimum atomic E-state index is -0.261. The van der Waals surface area contributed by atoms with E-state index >= 15 is 0 Å². The first kappa shape index (κ1) is 13.3. The van der Waals surface area contributed by atoms with Crippen LogP contribution in [0.1, 0.15) is 33.7 Å². The van der Waals surface area contributed by atoms with Crippen LogP contribution in [-0.2, 0) is 9.48 Å². The quantitative estimate of drug-likeness (QED) is 0.625. The van der Waals surface area contributed by atoms with Crippen molar-refractivity contribution in [3.05, 3.63) is 71.3 Å². The van der Waals surface area contributed by atoms with Gasteiger partial charge >= 0.3 is 5.97 Å². The lowest BCUT2D eigenvalue weighted by Gasteiger charge is -2.11. The molecule has 0 aromatic heterocycles. The van der Waals surface area contributed by atoms with Crippen LogP contribution in [0.2, 0.25) is 0 Å². The van der Waals surface area contributed by atoms with Gasteiger partial charge in [-0.2, -0.15) is 0 Å². The highest BCUT2D eigenvalue weighted by Gasteiger charge is 2.54. The SMILES string of the molecule is COC(=O)c1ccccc1C1SC1(C)c1ccccc1. The molecule has 2 nitrogen and oxygen atoms in total. The third-order valence-corrected chi connectivity index (χ3v) is 5.47. The summed E-state index contributed by atoms with van der Waals surface area (Å²) in [6.07, 6.45) is 0. The molecule has 1 aliphatic heterocycles. The first-order chi connectivity index (χ1) is 9.66. The summed E-state index contributed by atoms with van der Waals surface area (Å²) in [5.41, 5.74) is 3.04. The summed E-state index contributed by atoms with van der Waals surface area (Å²) in [6, 6.07) is 18.2. The molecule has 0 aliphatic carbocycles. The summed E-state index contributed by atoms with van der Waals surface area (Å²) in [6.45, 7) is 2.23. The third-order valence-electron chi connectivity index (χ3n) is 3.80. The number of benzene rings is 2. The molecule has 2 unspecified atom stereocenters. The highest BCUT2D eigenvalue weighted by molar-refractivity contribution is 8.07. The molecule has 1 fully saturated rings. The maximum absolute atomic E-state index is 11.9. The lowest BCUT2D eigenvalue weighted by atomic mass is 9.91. The second-order valence-electron chi connectivity index (χ2n) is 5.05. The van der Waals surface area contributed by atoms with Gasteiger partial charge in [0.1, 0.15) is 0 Å². The van der Waals surface area contributed by atoms with Crippen molar-refractivity contribution in [2.45, 2.75) is 16.9 Å². The minimum absolute atomic E-state index is 0.0470. The molecule has 0 radical (unpaired) electrons. The van der Waals surface area contributed by atoms with E-state index in [1.54, 1.807) is 0 Å². The van der Waals surface area contributed by atoms with Crippen LogP contribution in [0.5, 0.6) is 0 Å². The summed E-state index contributed by atoms with van der Waals surface area (Å²) in [5.74, 6) is -0.261. The molecule has 2 aromatic carbocycles. The van der Waals surface area contributed by atoms with Crippen molar-refractivity contribution in [1.82, 2.24) is 0 Å². The van der Waals surface area contributed by atoms with Crippen molar-refractivity contribution in [3.63, 3.8) is 0 Å². The molecule has 1 aliphatic rings. The molecule has 0 N–H and O–H groups in total. The highest BCUT2D eigenvalue weighted by Crippen LogP contribution is 2.71. The molecule has 0 bridgehead atoms. The van der Waals surface area contributed by atoms with Crippen molar-refractivity contribution < 1.29 is 9.53 Å². The van der Waals surface area contributed by atoms with Crippen LogP contribution in [0.15, 0.2) is 54.6 Å². The lowest BCUT2D eigenvalue weighted by Crippen LogP contribution is -2.09. The number of carbonyl (C=O) groups is 1. The summed E-state index contributed by atoms with van der Waals surface area (Å²) in [4.78, 5) is 11.9. The second-order valence-corrected chi connectivity index (χ2v) is 6.60. The van der Waals surface area contributed by atoms with Gasteiger partial charge in [0.2, 0.25) is 0 Å². The molecule has 20 heavy (non-hydrogen) atoms. The van der Waals surface area contributed by atoms with Crippen LogP contribution in [-0.4, -0.2) is 13.1 Å². The average molecular weight is 284 g/mol. The largest absolute Gasteiger partial charge is 0.465 e. The fourth-order valence-corrected chi connectivity index (χ4v) is 3.87. The van der Waals surface area contributed by atoms with E-state index in [-0.39, 0.29) is 10.7 Å². The van der Waals surface area contributed by atoms with E-state index in [9.17, 15) is 4.79 Å². The molecular weight excluding hydrogens is 268 g/mol. The van der Waals surface area contributed by atoms with Gasteiger partial charge in [0.25, 0.3) is 0 Å². The van der Waals surface area contributed by atoms with Gasteiger partial charge in [-0.05, 0) is 24.1 Å². The minimum Gasteiger partial charge on any atom is -0.465 e. The first-order valence-corrected chi connectivity index (χ1v) is 7.45. The third kappa shape index (κ3) is 2.12. The zero-order chi connectivity index (χ0) is 14.2. The van der Waals surface area contributed by atoms with E-state index < -0.39 is 0 Å². The van der Waals surface area contributed by atoms with Crippen LogP contribution in [0.25, 0.3) is 0 Å². The average Bonchev–Trinajstić information content (AvgIpc) is 3.21. The zero-order valence-electron chi connectivity index (χ0n) is 11.5. The zero-order valence-corrected chi connectivity index (χ0v) is 12.3. The fourth-order valence-electron chi connectivity index (χ4n) is 2.58. The van der Waals surface area contributed by atoms with E-state index in [4.69, 9.17) is 4.74 Å². The van der Waals surface area contributed by atoms with Crippen LogP contribution in [0, 0.1) is 0 Å². The molecule has 1 heterocycles. The number of carbonyl (C=O) groups excluding carboxylic acids is 1. The van der Waals surface area contributed by atoms with Gasteiger partial charge in [0.15, 0.2) is 0 Å². The van der Waals surface area contributed by atoms with Gasteiger partial charge in [-0.15, -0.1) is 11.8 Å². The molecule has 2 atom stereocenters. The normalized spacial score (nSPS) is 24.2. The molecule has 102 valence electrons. The number of rotatable bonds is 3. The number of thioether (sulfide) groups is 1. The molecule has 2 aromatic rings. The Morgan fingerprint density at radius 1 is 1.10 bits per heavy atom. The molecule has 1 saturated heterocycles. The topological polar surface area (TPSA) is 26.3 Å². The van der Waals surface area contributed by atoms with Crippen molar-refractivity contribution in [1.29, 1.82) is 0 Å². The van der Waals surface area contributed by atoms with Crippen molar-refractivity contribution >= 4 is 17.7 Å². The fraction of sp³-hybridized carbons (Fsp3) is 0.235. The van der Waals surface area contributed by atoms with Crippen molar-refractivity contribution in [2.75, 3.05) is 7.11 Å². The van der Waals surface area contributed by atoms with Gasteiger partial charge in [0, 0.05) is 0 Å². The molecule has 0 spiro atoms. The Morgan fingerprint density at radius 2 is 1.75 bits per heavy atom. The summed E-state index contributed by atoms with van der Waals surface area (Å²) in [5, 5.41) is 0.306.